The first-order valence-corrected chi connectivity index (χ1v) is 5.94. The SMILES string of the molecule is CC(C)N1C(=O)CCNC12CCNCC2. The molecule has 0 aromatic heterocycles. The largest absolute Gasteiger partial charge is 0.322 e. The molecular weight excluding hydrogens is 190 g/mol. The quantitative estimate of drug-likeness (QED) is 0.655. The molecule has 2 rings (SSSR count). The Morgan fingerprint density at radius 2 is 1.93 bits per heavy atom. The Bertz CT molecular complexity index is 241. The molecule has 0 atom stereocenters. The van der Waals surface area contributed by atoms with E-state index in [1.807, 2.05) is 0 Å². The minimum atomic E-state index is -0.0608. The van der Waals surface area contributed by atoms with Crippen LogP contribution in [0.15, 0.2) is 0 Å². The van der Waals surface area contributed by atoms with E-state index in [1.54, 1.807) is 0 Å². The van der Waals surface area contributed by atoms with Gasteiger partial charge in [0.25, 0.3) is 0 Å². The van der Waals surface area contributed by atoms with E-state index in [0.717, 1.165) is 32.5 Å². The van der Waals surface area contributed by atoms with Gasteiger partial charge in [-0.3, -0.25) is 10.1 Å². The summed E-state index contributed by atoms with van der Waals surface area (Å²) in [7, 11) is 0. The maximum absolute atomic E-state index is 12.0. The van der Waals surface area contributed by atoms with Crippen LogP contribution in [0.4, 0.5) is 0 Å². The van der Waals surface area contributed by atoms with Crippen LogP contribution < -0.4 is 10.6 Å². The number of nitrogens with zero attached hydrogens (tertiary/aromatic N) is 1. The summed E-state index contributed by atoms with van der Waals surface area (Å²) < 4.78 is 0. The van der Waals surface area contributed by atoms with Crippen LogP contribution in [0.5, 0.6) is 0 Å². The second-order valence-corrected chi connectivity index (χ2v) is 4.82. The first-order valence-electron chi connectivity index (χ1n) is 5.94. The van der Waals surface area contributed by atoms with Gasteiger partial charge in [0.1, 0.15) is 0 Å². The minimum Gasteiger partial charge on any atom is -0.322 e. The zero-order chi connectivity index (χ0) is 10.9. The number of amides is 1. The van der Waals surface area contributed by atoms with Crippen molar-refractivity contribution >= 4 is 5.91 Å². The predicted octanol–water partition coefficient (Wildman–Crippen LogP) is 0.296. The van der Waals surface area contributed by atoms with Crippen molar-refractivity contribution in [1.29, 1.82) is 0 Å². The molecule has 0 aliphatic carbocycles. The van der Waals surface area contributed by atoms with Gasteiger partial charge in [0.05, 0.1) is 5.66 Å². The second kappa shape index (κ2) is 4.10. The maximum atomic E-state index is 12.0. The highest BCUT2D eigenvalue weighted by molar-refractivity contribution is 5.78. The maximum Gasteiger partial charge on any atom is 0.225 e. The fourth-order valence-electron chi connectivity index (χ4n) is 2.89. The fourth-order valence-corrected chi connectivity index (χ4v) is 2.89. The summed E-state index contributed by atoms with van der Waals surface area (Å²) in [6.45, 7) is 7.05. The van der Waals surface area contributed by atoms with E-state index in [9.17, 15) is 4.79 Å². The van der Waals surface area contributed by atoms with Crippen LogP contribution in [0, 0.1) is 0 Å². The van der Waals surface area contributed by atoms with E-state index >= 15 is 0 Å². The zero-order valence-electron chi connectivity index (χ0n) is 9.68. The molecule has 0 radical (unpaired) electrons. The number of hydrogen-bond acceptors (Lipinski definition) is 3. The molecule has 86 valence electrons. The topological polar surface area (TPSA) is 44.4 Å². The molecule has 0 aromatic carbocycles. The molecule has 15 heavy (non-hydrogen) atoms. The molecule has 2 aliphatic rings. The van der Waals surface area contributed by atoms with Gasteiger partial charge in [-0.15, -0.1) is 0 Å². The monoisotopic (exact) mass is 211 g/mol. The van der Waals surface area contributed by atoms with Gasteiger partial charge in [0.2, 0.25) is 5.91 Å². The molecule has 0 aromatic rings. The van der Waals surface area contributed by atoms with Crippen LogP contribution in [0.25, 0.3) is 0 Å². The Balaban J connectivity index is 2.21. The number of nitrogens with one attached hydrogen (secondary N) is 2. The van der Waals surface area contributed by atoms with Crippen molar-refractivity contribution in [3.8, 4) is 0 Å². The first kappa shape index (κ1) is 10.9. The molecule has 2 heterocycles. The van der Waals surface area contributed by atoms with Crippen LogP contribution in [0.1, 0.15) is 33.1 Å². The molecule has 2 aliphatic heterocycles. The summed E-state index contributed by atoms with van der Waals surface area (Å²) in [6.07, 6.45) is 2.70. The van der Waals surface area contributed by atoms with Crippen molar-refractivity contribution in [3.05, 3.63) is 0 Å². The van der Waals surface area contributed by atoms with Gasteiger partial charge >= 0.3 is 0 Å². The number of carbonyl (C=O) groups is 1. The summed E-state index contributed by atoms with van der Waals surface area (Å²) in [5, 5.41) is 6.91. The van der Waals surface area contributed by atoms with Crippen LogP contribution in [0.3, 0.4) is 0 Å². The lowest BCUT2D eigenvalue weighted by atomic mass is 9.91. The van der Waals surface area contributed by atoms with Gasteiger partial charge < -0.3 is 10.2 Å². The zero-order valence-corrected chi connectivity index (χ0v) is 9.68. The van der Waals surface area contributed by atoms with E-state index < -0.39 is 0 Å². The molecule has 2 fully saturated rings. The normalized spacial score (nSPS) is 26.3. The highest BCUT2D eigenvalue weighted by Gasteiger charge is 2.43. The highest BCUT2D eigenvalue weighted by Crippen LogP contribution is 2.28. The van der Waals surface area contributed by atoms with Gasteiger partial charge in [-0.05, 0) is 39.8 Å². The van der Waals surface area contributed by atoms with E-state index in [2.05, 4.69) is 29.4 Å². The lowest BCUT2D eigenvalue weighted by Gasteiger charge is -2.52. The molecular formula is C11H21N3O. The molecule has 1 spiro atoms. The van der Waals surface area contributed by atoms with E-state index in [4.69, 9.17) is 0 Å². The smallest absolute Gasteiger partial charge is 0.225 e. The predicted molar refractivity (Wildman–Crippen MR) is 59.4 cm³/mol. The first-order chi connectivity index (χ1) is 7.16. The van der Waals surface area contributed by atoms with E-state index in [0.29, 0.717) is 18.4 Å². The second-order valence-electron chi connectivity index (χ2n) is 4.82. The standard InChI is InChI=1S/C11H21N3O/c1-9(2)14-10(15)3-6-13-11(14)4-7-12-8-5-11/h9,12-13H,3-8H2,1-2H3. The summed E-state index contributed by atoms with van der Waals surface area (Å²) >= 11 is 0. The summed E-state index contributed by atoms with van der Waals surface area (Å²) in [5.41, 5.74) is -0.0608. The Morgan fingerprint density at radius 3 is 2.53 bits per heavy atom. The third-order valence-corrected chi connectivity index (χ3v) is 3.47. The Labute approximate surface area is 91.4 Å². The van der Waals surface area contributed by atoms with Crippen molar-refractivity contribution in [1.82, 2.24) is 15.5 Å². The Hall–Kier alpha value is -0.610. The van der Waals surface area contributed by atoms with Crippen LogP contribution >= 0.6 is 0 Å². The average Bonchev–Trinajstić information content (AvgIpc) is 2.18. The molecule has 0 saturated carbocycles. The molecule has 0 bridgehead atoms. The van der Waals surface area contributed by atoms with Crippen molar-refractivity contribution in [3.63, 3.8) is 0 Å². The third kappa shape index (κ3) is 1.88. The number of carbonyl (C=O) groups excluding carboxylic acids is 1. The molecule has 4 heteroatoms. The Morgan fingerprint density at radius 1 is 1.27 bits per heavy atom. The van der Waals surface area contributed by atoms with Gasteiger partial charge in [0.15, 0.2) is 0 Å². The van der Waals surface area contributed by atoms with Crippen molar-refractivity contribution in [2.75, 3.05) is 19.6 Å². The lowest BCUT2D eigenvalue weighted by molar-refractivity contribution is -0.148. The summed E-state index contributed by atoms with van der Waals surface area (Å²) in [4.78, 5) is 14.0. The van der Waals surface area contributed by atoms with Gasteiger partial charge in [-0.2, -0.15) is 0 Å². The fraction of sp³-hybridized carbons (Fsp3) is 0.909. The molecule has 1 amide bonds. The van der Waals surface area contributed by atoms with Crippen LogP contribution in [-0.4, -0.2) is 42.1 Å². The summed E-state index contributed by atoms with van der Waals surface area (Å²) in [5.74, 6) is 0.311. The number of piperidine rings is 1. The summed E-state index contributed by atoms with van der Waals surface area (Å²) in [6, 6.07) is 0.295. The molecule has 2 saturated heterocycles. The van der Waals surface area contributed by atoms with Gasteiger partial charge in [-0.25, -0.2) is 0 Å². The van der Waals surface area contributed by atoms with E-state index in [1.165, 1.54) is 0 Å². The van der Waals surface area contributed by atoms with Crippen molar-refractivity contribution in [2.24, 2.45) is 0 Å². The third-order valence-electron chi connectivity index (χ3n) is 3.47. The number of hydrogen-bond donors (Lipinski definition) is 2. The Kier molecular flexibility index (Phi) is 2.98. The molecule has 4 nitrogen and oxygen atoms in total. The molecule has 0 unspecified atom stereocenters. The van der Waals surface area contributed by atoms with Gasteiger partial charge in [0, 0.05) is 19.0 Å². The average molecular weight is 211 g/mol. The van der Waals surface area contributed by atoms with Gasteiger partial charge in [-0.1, -0.05) is 0 Å². The minimum absolute atomic E-state index is 0.0608. The van der Waals surface area contributed by atoms with Crippen molar-refractivity contribution < 1.29 is 4.79 Å². The highest BCUT2D eigenvalue weighted by atomic mass is 16.2. The molecule has 2 N–H and O–H groups in total. The van der Waals surface area contributed by atoms with Crippen LogP contribution in [0.2, 0.25) is 0 Å². The number of rotatable bonds is 1. The lowest BCUT2D eigenvalue weighted by Crippen LogP contribution is -2.69. The van der Waals surface area contributed by atoms with E-state index in [-0.39, 0.29) is 5.66 Å². The van der Waals surface area contributed by atoms with Crippen molar-refractivity contribution in [2.45, 2.75) is 44.8 Å². The van der Waals surface area contributed by atoms with Crippen LogP contribution in [-0.2, 0) is 4.79 Å².